The van der Waals surface area contributed by atoms with Crippen molar-refractivity contribution in [2.24, 2.45) is 0 Å². The molecule has 0 aromatic heterocycles. The average Bonchev–Trinajstić information content (AvgIpc) is 2.42. The molecule has 0 saturated carbocycles. The number of rotatable bonds is 1. The fourth-order valence-electron chi connectivity index (χ4n) is 1.67. The van der Waals surface area contributed by atoms with Gasteiger partial charge in [-0.2, -0.15) is 0 Å². The van der Waals surface area contributed by atoms with Crippen molar-refractivity contribution in [2.75, 3.05) is 13.2 Å². The second-order valence-electron chi connectivity index (χ2n) is 5.44. The summed E-state index contributed by atoms with van der Waals surface area (Å²) in [5.74, 6) is 0.627. The molecule has 1 aliphatic rings. The van der Waals surface area contributed by atoms with Gasteiger partial charge in [0.25, 0.3) is 5.91 Å². The predicted octanol–water partition coefficient (Wildman–Crippen LogP) is 1.63. The summed E-state index contributed by atoms with van der Waals surface area (Å²) in [5.41, 5.74) is 4.16. The number of hydrazine groups is 1. The molecule has 0 spiro atoms. The first-order chi connectivity index (χ1) is 9.85. The highest BCUT2D eigenvalue weighted by Gasteiger charge is 2.18. The van der Waals surface area contributed by atoms with Gasteiger partial charge in [0.2, 0.25) is 0 Å². The molecule has 2 rings (SSSR count). The number of ether oxygens (including phenoxy) is 3. The molecule has 7 heteroatoms. The molecule has 114 valence electrons. The molecule has 2 N–H and O–H groups in total. The fraction of sp³-hybridized carbons (Fsp3) is 0.429. The van der Waals surface area contributed by atoms with E-state index in [0.29, 0.717) is 30.3 Å². The summed E-state index contributed by atoms with van der Waals surface area (Å²) in [6.45, 7) is 6.12. The lowest BCUT2D eigenvalue weighted by molar-refractivity contribution is 0.0483. The molecule has 0 fully saturated rings. The highest BCUT2D eigenvalue weighted by molar-refractivity contribution is 5.95. The van der Waals surface area contributed by atoms with E-state index in [1.165, 1.54) is 0 Å². The van der Waals surface area contributed by atoms with Gasteiger partial charge in [-0.3, -0.25) is 10.2 Å². The van der Waals surface area contributed by atoms with Crippen LogP contribution in [0.4, 0.5) is 4.79 Å². The van der Waals surface area contributed by atoms with E-state index in [2.05, 4.69) is 10.9 Å². The van der Waals surface area contributed by atoms with E-state index in [4.69, 9.17) is 14.2 Å². The SMILES string of the molecule is CC(C)(C)OC(=O)NNC(=O)c1ccc2c(c1)OCCO2. The molecular formula is C14H18N2O5. The van der Waals surface area contributed by atoms with E-state index in [1.54, 1.807) is 39.0 Å². The minimum atomic E-state index is -0.728. The van der Waals surface area contributed by atoms with Crippen molar-refractivity contribution in [3.05, 3.63) is 23.8 Å². The van der Waals surface area contributed by atoms with Gasteiger partial charge in [0.05, 0.1) is 0 Å². The Labute approximate surface area is 122 Å². The van der Waals surface area contributed by atoms with Crippen molar-refractivity contribution in [2.45, 2.75) is 26.4 Å². The van der Waals surface area contributed by atoms with Crippen molar-refractivity contribution in [3.63, 3.8) is 0 Å². The normalized spacial score (nSPS) is 13.3. The molecule has 1 aliphatic heterocycles. The summed E-state index contributed by atoms with van der Waals surface area (Å²) >= 11 is 0. The molecule has 1 aromatic carbocycles. The highest BCUT2D eigenvalue weighted by Crippen LogP contribution is 2.30. The number of amides is 2. The van der Waals surface area contributed by atoms with Crippen LogP contribution in [0, 0.1) is 0 Å². The van der Waals surface area contributed by atoms with Gasteiger partial charge in [0.1, 0.15) is 18.8 Å². The van der Waals surface area contributed by atoms with Crippen LogP contribution in [0.25, 0.3) is 0 Å². The molecule has 0 unspecified atom stereocenters. The summed E-state index contributed by atoms with van der Waals surface area (Å²) in [4.78, 5) is 23.4. The number of hydrogen-bond acceptors (Lipinski definition) is 5. The van der Waals surface area contributed by atoms with Gasteiger partial charge < -0.3 is 14.2 Å². The van der Waals surface area contributed by atoms with Gasteiger partial charge in [-0.1, -0.05) is 0 Å². The number of carbonyl (C=O) groups excluding carboxylic acids is 2. The van der Waals surface area contributed by atoms with Crippen molar-refractivity contribution >= 4 is 12.0 Å². The lowest BCUT2D eigenvalue weighted by Crippen LogP contribution is -2.44. The zero-order valence-electron chi connectivity index (χ0n) is 12.2. The second-order valence-corrected chi connectivity index (χ2v) is 5.44. The van der Waals surface area contributed by atoms with E-state index in [-0.39, 0.29) is 0 Å². The first kappa shape index (κ1) is 15.0. The van der Waals surface area contributed by atoms with E-state index in [0.717, 1.165) is 0 Å². The average molecular weight is 294 g/mol. The largest absolute Gasteiger partial charge is 0.486 e. The number of carbonyl (C=O) groups is 2. The van der Waals surface area contributed by atoms with Gasteiger partial charge in [0.15, 0.2) is 11.5 Å². The Morgan fingerprint density at radius 3 is 2.43 bits per heavy atom. The van der Waals surface area contributed by atoms with Crippen LogP contribution in [0.5, 0.6) is 11.5 Å². The van der Waals surface area contributed by atoms with Gasteiger partial charge in [-0.05, 0) is 39.0 Å². The monoisotopic (exact) mass is 294 g/mol. The van der Waals surface area contributed by atoms with Crippen molar-refractivity contribution in [1.29, 1.82) is 0 Å². The minimum Gasteiger partial charge on any atom is -0.486 e. The summed E-state index contributed by atoms with van der Waals surface area (Å²) in [5, 5.41) is 0. The third kappa shape index (κ3) is 4.27. The third-order valence-electron chi connectivity index (χ3n) is 2.48. The summed E-state index contributed by atoms with van der Waals surface area (Å²) < 4.78 is 15.8. The molecule has 0 radical (unpaired) electrons. The molecule has 21 heavy (non-hydrogen) atoms. The lowest BCUT2D eigenvalue weighted by atomic mass is 10.2. The summed E-state index contributed by atoms with van der Waals surface area (Å²) in [7, 11) is 0. The van der Waals surface area contributed by atoms with Crippen LogP contribution in [-0.4, -0.2) is 30.8 Å². The maximum absolute atomic E-state index is 11.9. The Morgan fingerprint density at radius 2 is 1.76 bits per heavy atom. The van der Waals surface area contributed by atoms with Crippen LogP contribution < -0.4 is 20.3 Å². The van der Waals surface area contributed by atoms with Crippen LogP contribution in [-0.2, 0) is 4.74 Å². The number of hydrogen-bond donors (Lipinski definition) is 2. The van der Waals surface area contributed by atoms with Gasteiger partial charge in [0, 0.05) is 5.56 Å². The van der Waals surface area contributed by atoms with Crippen LogP contribution in [0.3, 0.4) is 0 Å². The van der Waals surface area contributed by atoms with Crippen LogP contribution in [0.2, 0.25) is 0 Å². The first-order valence-electron chi connectivity index (χ1n) is 6.54. The van der Waals surface area contributed by atoms with E-state index >= 15 is 0 Å². The molecule has 0 bridgehead atoms. The number of fused-ring (bicyclic) bond motifs is 1. The quantitative estimate of drug-likeness (QED) is 0.769. The second kappa shape index (κ2) is 5.90. The first-order valence-corrected chi connectivity index (χ1v) is 6.54. The third-order valence-corrected chi connectivity index (χ3v) is 2.48. The molecular weight excluding hydrogens is 276 g/mol. The molecule has 1 aromatic rings. The van der Waals surface area contributed by atoms with Crippen molar-refractivity contribution < 1.29 is 23.8 Å². The Morgan fingerprint density at radius 1 is 1.10 bits per heavy atom. The van der Waals surface area contributed by atoms with Crippen LogP contribution in [0.15, 0.2) is 18.2 Å². The highest BCUT2D eigenvalue weighted by atomic mass is 16.6. The summed E-state index contributed by atoms with van der Waals surface area (Å²) in [6, 6.07) is 4.79. The topological polar surface area (TPSA) is 85.9 Å². The van der Waals surface area contributed by atoms with Gasteiger partial charge in [-0.25, -0.2) is 10.2 Å². The van der Waals surface area contributed by atoms with Crippen LogP contribution in [0.1, 0.15) is 31.1 Å². The molecule has 1 heterocycles. The number of nitrogens with one attached hydrogen (secondary N) is 2. The molecule has 0 aliphatic carbocycles. The van der Waals surface area contributed by atoms with Crippen molar-refractivity contribution in [3.8, 4) is 11.5 Å². The minimum absolute atomic E-state index is 0.343. The summed E-state index contributed by atoms with van der Waals surface area (Å²) in [6.07, 6.45) is -0.728. The lowest BCUT2D eigenvalue weighted by Gasteiger charge is -2.20. The maximum Gasteiger partial charge on any atom is 0.426 e. The molecule has 2 amide bonds. The zero-order chi connectivity index (χ0) is 15.5. The Hall–Kier alpha value is -2.44. The zero-order valence-corrected chi connectivity index (χ0v) is 12.2. The Kier molecular flexibility index (Phi) is 4.21. The molecule has 0 saturated heterocycles. The maximum atomic E-state index is 11.9. The number of benzene rings is 1. The Bertz CT molecular complexity index is 551. The molecule has 7 nitrogen and oxygen atoms in total. The van der Waals surface area contributed by atoms with Gasteiger partial charge in [-0.15, -0.1) is 0 Å². The van der Waals surface area contributed by atoms with E-state index in [1.807, 2.05) is 0 Å². The molecule has 0 atom stereocenters. The van der Waals surface area contributed by atoms with E-state index < -0.39 is 17.6 Å². The Balaban J connectivity index is 1.93. The van der Waals surface area contributed by atoms with E-state index in [9.17, 15) is 9.59 Å². The predicted molar refractivity (Wildman–Crippen MR) is 74.3 cm³/mol. The standard InChI is InChI=1S/C14H18N2O5/c1-14(2,3)21-13(18)16-15-12(17)9-4-5-10-11(8-9)20-7-6-19-10/h4-5,8H,6-7H2,1-3H3,(H,15,17)(H,16,18). The van der Waals surface area contributed by atoms with Crippen LogP contribution >= 0.6 is 0 Å². The fourth-order valence-corrected chi connectivity index (χ4v) is 1.67. The van der Waals surface area contributed by atoms with Crippen molar-refractivity contribution in [1.82, 2.24) is 10.9 Å². The smallest absolute Gasteiger partial charge is 0.426 e. The van der Waals surface area contributed by atoms with Gasteiger partial charge >= 0.3 is 6.09 Å².